The molecule has 21 heavy (non-hydrogen) atoms. The molecule has 1 fully saturated rings. The summed E-state index contributed by atoms with van der Waals surface area (Å²) in [6, 6.07) is 8.81. The molecular weight excluding hydrogens is 264 g/mol. The summed E-state index contributed by atoms with van der Waals surface area (Å²) < 4.78 is 4.84. The van der Waals surface area contributed by atoms with Gasteiger partial charge in [-0.25, -0.2) is 4.79 Å². The highest BCUT2D eigenvalue weighted by Crippen LogP contribution is 2.15. The van der Waals surface area contributed by atoms with Crippen LogP contribution < -0.4 is 5.32 Å². The number of piperidine rings is 1. The third-order valence-electron chi connectivity index (χ3n) is 4.26. The predicted molar refractivity (Wildman–Crippen MR) is 84.4 cm³/mol. The molecule has 1 aromatic carbocycles. The van der Waals surface area contributed by atoms with Crippen molar-refractivity contribution in [2.45, 2.75) is 45.3 Å². The van der Waals surface area contributed by atoms with E-state index < -0.39 is 0 Å². The van der Waals surface area contributed by atoms with Crippen LogP contribution in [0.1, 0.15) is 42.6 Å². The van der Waals surface area contributed by atoms with E-state index in [1.54, 1.807) is 0 Å². The zero-order valence-electron chi connectivity index (χ0n) is 13.3. The number of carbonyl (C=O) groups is 1. The van der Waals surface area contributed by atoms with Gasteiger partial charge in [0.2, 0.25) is 0 Å². The molecule has 0 radical (unpaired) electrons. The highest BCUT2D eigenvalue weighted by atomic mass is 16.5. The zero-order valence-corrected chi connectivity index (χ0v) is 13.3. The van der Waals surface area contributed by atoms with E-state index >= 15 is 0 Å². The van der Waals surface area contributed by atoms with E-state index in [-0.39, 0.29) is 5.97 Å². The van der Waals surface area contributed by atoms with Crippen molar-refractivity contribution in [3.63, 3.8) is 0 Å². The van der Waals surface area contributed by atoms with Crippen LogP contribution in [0.15, 0.2) is 24.3 Å². The van der Waals surface area contributed by atoms with Crippen LogP contribution in [0, 0.1) is 0 Å². The highest BCUT2D eigenvalue weighted by molar-refractivity contribution is 5.90. The van der Waals surface area contributed by atoms with Crippen LogP contribution >= 0.6 is 0 Å². The average Bonchev–Trinajstić information content (AvgIpc) is 2.52. The molecule has 0 saturated carbocycles. The number of nitrogens with zero attached hydrogens (tertiary/aromatic N) is 1. The van der Waals surface area contributed by atoms with Crippen LogP contribution in [-0.2, 0) is 11.3 Å². The molecule has 0 bridgehead atoms. The highest BCUT2D eigenvalue weighted by Gasteiger charge is 2.20. The number of carbonyl (C=O) groups excluding carboxylic acids is 1. The first-order valence-corrected chi connectivity index (χ1v) is 7.75. The number of hydrogen-bond donors (Lipinski definition) is 1. The summed E-state index contributed by atoms with van der Waals surface area (Å²) in [7, 11) is 1.42. The summed E-state index contributed by atoms with van der Waals surface area (Å²) in [5.41, 5.74) is 1.67. The molecule has 1 N–H and O–H groups in total. The lowest BCUT2D eigenvalue weighted by Crippen LogP contribution is -2.44. The van der Waals surface area contributed by atoms with Gasteiger partial charge in [-0.15, -0.1) is 0 Å². The molecule has 2 rings (SSSR count). The Labute approximate surface area is 127 Å². The van der Waals surface area contributed by atoms with Crippen LogP contribution in [-0.4, -0.2) is 43.2 Å². The van der Waals surface area contributed by atoms with Crippen LogP contribution in [0.2, 0.25) is 0 Å². The Morgan fingerprint density at radius 2 is 2.00 bits per heavy atom. The fraction of sp³-hybridized carbons (Fsp3) is 0.588. The van der Waals surface area contributed by atoms with Gasteiger partial charge in [-0.2, -0.15) is 0 Å². The van der Waals surface area contributed by atoms with Crippen molar-refractivity contribution in [3.8, 4) is 0 Å². The minimum atomic E-state index is -0.262. The lowest BCUT2D eigenvalue weighted by molar-refractivity contribution is 0.0599. The summed E-state index contributed by atoms with van der Waals surface area (Å²) in [6.07, 6.45) is 2.33. The van der Waals surface area contributed by atoms with E-state index in [9.17, 15) is 4.79 Å². The molecule has 1 aliphatic rings. The Kier molecular flexibility index (Phi) is 5.76. The van der Waals surface area contributed by atoms with Gasteiger partial charge in [-0.05, 0) is 51.4 Å². The average molecular weight is 290 g/mol. The number of benzene rings is 1. The molecule has 4 nitrogen and oxygen atoms in total. The number of rotatable bonds is 5. The smallest absolute Gasteiger partial charge is 0.338 e. The Hall–Kier alpha value is -1.39. The second-order valence-electron chi connectivity index (χ2n) is 5.93. The van der Waals surface area contributed by atoms with E-state index in [0.29, 0.717) is 17.6 Å². The molecule has 0 aliphatic carbocycles. The molecule has 4 heteroatoms. The predicted octanol–water partition coefficient (Wildman–Crippen LogP) is 2.44. The second-order valence-corrected chi connectivity index (χ2v) is 5.93. The summed E-state index contributed by atoms with van der Waals surface area (Å²) in [6.45, 7) is 7.51. The molecule has 0 unspecified atom stereocenters. The van der Waals surface area contributed by atoms with Gasteiger partial charge in [-0.3, -0.25) is 0 Å². The summed E-state index contributed by atoms with van der Waals surface area (Å²) in [4.78, 5) is 14.3. The summed E-state index contributed by atoms with van der Waals surface area (Å²) in [5, 5.41) is 3.58. The number of hydrogen-bond acceptors (Lipinski definition) is 4. The SMILES string of the molecule is COC(=O)c1ccccc1CNC1CCN(C(C)C)CC1. The lowest BCUT2D eigenvalue weighted by atomic mass is 10.0. The first-order chi connectivity index (χ1) is 10.1. The van der Waals surface area contributed by atoms with Crippen molar-refractivity contribution in [1.82, 2.24) is 10.2 Å². The number of ether oxygens (including phenoxy) is 1. The first kappa shape index (κ1) is 16.0. The second kappa shape index (κ2) is 7.57. The molecule has 1 aliphatic heterocycles. The maximum atomic E-state index is 11.7. The minimum absolute atomic E-state index is 0.262. The monoisotopic (exact) mass is 290 g/mol. The molecule has 1 saturated heterocycles. The summed E-state index contributed by atoms with van der Waals surface area (Å²) >= 11 is 0. The Balaban J connectivity index is 1.88. The number of methoxy groups -OCH3 is 1. The van der Waals surface area contributed by atoms with Crippen molar-refractivity contribution >= 4 is 5.97 Å². The van der Waals surface area contributed by atoms with Crippen molar-refractivity contribution in [2.75, 3.05) is 20.2 Å². The van der Waals surface area contributed by atoms with Gasteiger partial charge in [0.1, 0.15) is 0 Å². The van der Waals surface area contributed by atoms with E-state index in [4.69, 9.17) is 4.74 Å². The third-order valence-corrected chi connectivity index (χ3v) is 4.26. The Morgan fingerprint density at radius 3 is 2.62 bits per heavy atom. The molecule has 0 atom stereocenters. The first-order valence-electron chi connectivity index (χ1n) is 7.75. The van der Waals surface area contributed by atoms with Crippen molar-refractivity contribution in [1.29, 1.82) is 0 Å². The quantitative estimate of drug-likeness (QED) is 0.846. The van der Waals surface area contributed by atoms with Crippen molar-refractivity contribution in [2.24, 2.45) is 0 Å². The van der Waals surface area contributed by atoms with Crippen LogP contribution in [0.5, 0.6) is 0 Å². The van der Waals surface area contributed by atoms with E-state index in [1.807, 2.05) is 24.3 Å². The van der Waals surface area contributed by atoms with E-state index in [1.165, 1.54) is 20.0 Å². The van der Waals surface area contributed by atoms with Gasteiger partial charge in [0.25, 0.3) is 0 Å². The molecular formula is C17H26N2O2. The topological polar surface area (TPSA) is 41.6 Å². The molecule has 1 heterocycles. The van der Waals surface area contributed by atoms with Gasteiger partial charge in [0, 0.05) is 18.6 Å². The minimum Gasteiger partial charge on any atom is -0.465 e. The maximum Gasteiger partial charge on any atom is 0.338 e. The Morgan fingerprint density at radius 1 is 1.33 bits per heavy atom. The standard InChI is InChI=1S/C17H26N2O2/c1-13(2)19-10-8-15(9-11-19)18-12-14-6-4-5-7-16(14)17(20)21-3/h4-7,13,15,18H,8-12H2,1-3H3. The van der Waals surface area contributed by atoms with Gasteiger partial charge in [0.05, 0.1) is 12.7 Å². The fourth-order valence-electron chi connectivity index (χ4n) is 2.86. The van der Waals surface area contributed by atoms with Gasteiger partial charge in [-0.1, -0.05) is 18.2 Å². The third kappa shape index (κ3) is 4.29. The lowest BCUT2D eigenvalue weighted by Gasteiger charge is -2.35. The number of esters is 1. The molecule has 0 amide bonds. The van der Waals surface area contributed by atoms with Crippen molar-refractivity contribution < 1.29 is 9.53 Å². The van der Waals surface area contributed by atoms with Crippen LogP contribution in [0.25, 0.3) is 0 Å². The fourth-order valence-corrected chi connectivity index (χ4v) is 2.86. The molecule has 0 spiro atoms. The number of likely N-dealkylation sites (tertiary alicyclic amines) is 1. The summed E-state index contributed by atoms with van der Waals surface area (Å²) in [5.74, 6) is -0.262. The van der Waals surface area contributed by atoms with Crippen molar-refractivity contribution in [3.05, 3.63) is 35.4 Å². The van der Waals surface area contributed by atoms with E-state index in [0.717, 1.165) is 25.2 Å². The van der Waals surface area contributed by atoms with Gasteiger partial charge in [0.15, 0.2) is 0 Å². The van der Waals surface area contributed by atoms with Gasteiger partial charge < -0.3 is 15.0 Å². The normalized spacial score (nSPS) is 17.1. The van der Waals surface area contributed by atoms with E-state index in [2.05, 4.69) is 24.1 Å². The molecule has 1 aromatic rings. The maximum absolute atomic E-state index is 11.7. The number of nitrogens with one attached hydrogen (secondary N) is 1. The molecule has 116 valence electrons. The molecule has 0 aromatic heterocycles. The largest absolute Gasteiger partial charge is 0.465 e. The van der Waals surface area contributed by atoms with Crippen LogP contribution in [0.4, 0.5) is 0 Å². The zero-order chi connectivity index (χ0) is 15.2. The Bertz CT molecular complexity index is 466. The van der Waals surface area contributed by atoms with Crippen LogP contribution in [0.3, 0.4) is 0 Å². The van der Waals surface area contributed by atoms with Gasteiger partial charge >= 0.3 is 5.97 Å².